The summed E-state index contributed by atoms with van der Waals surface area (Å²) in [5.41, 5.74) is 5.27. The number of carbonyl (C=O) groups is 4. The van der Waals surface area contributed by atoms with Crippen LogP contribution in [0.4, 0.5) is 16.2 Å². The molecule has 9 heteroatoms. The maximum Gasteiger partial charge on any atom is 0.408 e. The van der Waals surface area contributed by atoms with Gasteiger partial charge >= 0.3 is 6.09 Å². The number of aryl methyl sites for hydroxylation is 1. The van der Waals surface area contributed by atoms with Gasteiger partial charge in [-0.2, -0.15) is 0 Å². The van der Waals surface area contributed by atoms with Gasteiger partial charge in [-0.1, -0.05) is 146 Å². The first-order chi connectivity index (χ1) is 27.9. The first-order valence-corrected chi connectivity index (χ1v) is 20.1. The second kappa shape index (κ2) is 18.7. The van der Waals surface area contributed by atoms with Crippen molar-refractivity contribution < 1.29 is 23.9 Å². The molecule has 3 N–H and O–H groups in total. The maximum atomic E-state index is 14.4. The molecule has 0 heterocycles. The average Bonchev–Trinajstić information content (AvgIpc) is 3.22. The van der Waals surface area contributed by atoms with Crippen molar-refractivity contribution in [2.45, 2.75) is 50.5 Å². The fourth-order valence-corrected chi connectivity index (χ4v) is 8.24. The van der Waals surface area contributed by atoms with Crippen molar-refractivity contribution in [3.05, 3.63) is 203 Å². The molecule has 0 saturated heterocycles. The van der Waals surface area contributed by atoms with Gasteiger partial charge in [-0.3, -0.25) is 14.4 Å². The molecular weight excluding hydrogens is 743 g/mol. The molecule has 6 aromatic carbocycles. The summed E-state index contributed by atoms with van der Waals surface area (Å²) in [6.07, 6.45) is -0.624. The Hall–Kier alpha value is -6.45. The molecule has 3 amide bonds. The van der Waals surface area contributed by atoms with Gasteiger partial charge in [0.25, 0.3) is 0 Å². The topological polar surface area (TPSA) is 114 Å². The van der Waals surface area contributed by atoms with E-state index in [1.165, 1.54) is 11.8 Å². The monoisotopic (exact) mass is 789 g/mol. The predicted octanol–water partition coefficient (Wildman–Crippen LogP) is 9.96. The summed E-state index contributed by atoms with van der Waals surface area (Å²) in [7, 11) is 0. The molecule has 0 bridgehead atoms. The number of hydrogen-bond acceptors (Lipinski definition) is 6. The summed E-state index contributed by atoms with van der Waals surface area (Å²) in [4.78, 5) is 55.1. The lowest BCUT2D eigenvalue weighted by molar-refractivity contribution is -0.118. The predicted molar refractivity (Wildman–Crippen MR) is 233 cm³/mol. The van der Waals surface area contributed by atoms with Crippen LogP contribution in [0.5, 0.6) is 0 Å². The second-order valence-corrected chi connectivity index (χ2v) is 16.1. The normalized spacial score (nSPS) is 11.9. The standard InChI is InChI=1S/C49H47N3O5S/c1-34-19-17-18-22-36(34)31-44(53)51-42-30-29-40(32-41(42)45(54)35-20-9-5-10-21-35)50-46(55)43(52-47(56)57-48(2,3)4)33-58-49(37-23-11-6-12-24-37,38-25-13-7-14-26-38)39-27-15-8-16-28-39/h5-30,32,43H,31,33H2,1-4H3,(H,50,55)(H,51,53)(H,52,56)/t43-/m0/s1. The van der Waals surface area contributed by atoms with Gasteiger partial charge in [-0.05, 0) is 73.7 Å². The van der Waals surface area contributed by atoms with Gasteiger partial charge in [0, 0.05) is 22.6 Å². The molecule has 0 spiro atoms. The zero-order valence-electron chi connectivity index (χ0n) is 33.0. The van der Waals surface area contributed by atoms with Gasteiger partial charge in [0.15, 0.2) is 5.78 Å². The molecule has 0 fully saturated rings. The molecule has 6 aromatic rings. The van der Waals surface area contributed by atoms with E-state index in [4.69, 9.17) is 4.74 Å². The van der Waals surface area contributed by atoms with Gasteiger partial charge in [-0.15, -0.1) is 11.8 Å². The van der Waals surface area contributed by atoms with Crippen LogP contribution in [0.25, 0.3) is 0 Å². The lowest BCUT2D eigenvalue weighted by Gasteiger charge is -2.36. The van der Waals surface area contributed by atoms with E-state index in [1.54, 1.807) is 63.2 Å². The minimum atomic E-state index is -1.09. The Labute approximate surface area is 344 Å². The van der Waals surface area contributed by atoms with E-state index in [-0.39, 0.29) is 29.4 Å². The van der Waals surface area contributed by atoms with E-state index >= 15 is 0 Å². The van der Waals surface area contributed by atoms with Crippen LogP contribution in [0.15, 0.2) is 164 Å². The zero-order valence-corrected chi connectivity index (χ0v) is 33.8. The molecule has 8 nitrogen and oxygen atoms in total. The van der Waals surface area contributed by atoms with Crippen LogP contribution in [0, 0.1) is 6.92 Å². The van der Waals surface area contributed by atoms with E-state index in [0.29, 0.717) is 16.9 Å². The first-order valence-electron chi connectivity index (χ1n) is 19.1. The second-order valence-electron chi connectivity index (χ2n) is 14.9. The van der Waals surface area contributed by atoms with E-state index in [0.717, 1.165) is 27.8 Å². The molecule has 0 saturated carbocycles. The summed E-state index contributed by atoms with van der Waals surface area (Å²) in [5, 5.41) is 8.71. The van der Waals surface area contributed by atoms with Crippen molar-refractivity contribution in [3.63, 3.8) is 0 Å². The minimum absolute atomic E-state index is 0.121. The SMILES string of the molecule is Cc1ccccc1CC(=O)Nc1ccc(NC(=O)[C@H](CSC(c2ccccc2)(c2ccccc2)c2ccccc2)NC(=O)OC(C)(C)C)cc1C(=O)c1ccccc1. The van der Waals surface area contributed by atoms with Crippen molar-refractivity contribution in [1.82, 2.24) is 5.32 Å². The number of carbonyl (C=O) groups excluding carboxylic acids is 4. The van der Waals surface area contributed by atoms with Crippen LogP contribution in [0.1, 0.15) is 64.5 Å². The molecule has 0 unspecified atom stereocenters. The number of alkyl carbamates (subject to hydrolysis) is 1. The molecule has 0 aliphatic heterocycles. The quantitative estimate of drug-likeness (QED) is 0.0748. The van der Waals surface area contributed by atoms with Crippen LogP contribution >= 0.6 is 11.8 Å². The third-order valence-electron chi connectivity index (χ3n) is 9.47. The molecule has 0 aromatic heterocycles. The van der Waals surface area contributed by atoms with Crippen molar-refractivity contribution in [1.29, 1.82) is 0 Å². The summed E-state index contributed by atoms with van der Waals surface area (Å²) in [6.45, 7) is 7.22. The highest BCUT2D eigenvalue weighted by molar-refractivity contribution is 8.00. The molecule has 0 aliphatic rings. The van der Waals surface area contributed by atoms with E-state index in [2.05, 4.69) is 52.3 Å². The summed E-state index contributed by atoms with van der Waals surface area (Å²) in [6, 6.07) is 50.3. The first kappa shape index (κ1) is 41.2. The fourth-order valence-electron chi connectivity index (χ4n) is 6.68. The van der Waals surface area contributed by atoms with Crippen molar-refractivity contribution in [2.24, 2.45) is 0 Å². The van der Waals surface area contributed by atoms with Crippen molar-refractivity contribution in [3.8, 4) is 0 Å². The Balaban J connectivity index is 1.34. The van der Waals surface area contributed by atoms with Gasteiger partial charge in [0.1, 0.15) is 11.6 Å². The average molecular weight is 790 g/mol. The van der Waals surface area contributed by atoms with Gasteiger partial charge in [0.2, 0.25) is 11.8 Å². The number of nitrogens with one attached hydrogen (secondary N) is 3. The van der Waals surface area contributed by atoms with Crippen LogP contribution in [-0.4, -0.2) is 41.1 Å². The highest BCUT2D eigenvalue weighted by atomic mass is 32.2. The number of rotatable bonds is 14. The highest BCUT2D eigenvalue weighted by Gasteiger charge is 2.39. The van der Waals surface area contributed by atoms with Crippen molar-refractivity contribution >= 4 is 46.8 Å². The van der Waals surface area contributed by atoms with Gasteiger partial charge in [0.05, 0.1) is 16.9 Å². The number of ketones is 1. The third-order valence-corrected chi connectivity index (χ3v) is 11.1. The summed E-state index contributed by atoms with van der Waals surface area (Å²) >= 11 is 1.52. The molecule has 6 rings (SSSR count). The highest BCUT2D eigenvalue weighted by Crippen LogP contribution is 2.48. The van der Waals surface area contributed by atoms with Crippen LogP contribution < -0.4 is 16.0 Å². The van der Waals surface area contributed by atoms with Gasteiger partial charge in [-0.25, -0.2) is 4.79 Å². The number of hydrogen-bond donors (Lipinski definition) is 3. The van der Waals surface area contributed by atoms with E-state index < -0.39 is 28.4 Å². The Morgan fingerprint density at radius 1 is 0.638 bits per heavy atom. The van der Waals surface area contributed by atoms with Crippen molar-refractivity contribution in [2.75, 3.05) is 16.4 Å². The zero-order chi connectivity index (χ0) is 41.1. The largest absolute Gasteiger partial charge is 0.444 e. The van der Waals surface area contributed by atoms with E-state index in [1.807, 2.05) is 91.9 Å². The molecular formula is C49H47N3O5S. The number of anilines is 2. The molecule has 0 aliphatic carbocycles. The Morgan fingerprint density at radius 2 is 1.16 bits per heavy atom. The fraction of sp³-hybridized carbons (Fsp3) is 0.184. The molecule has 0 radical (unpaired) electrons. The number of thioether (sulfide) groups is 1. The molecule has 1 atom stereocenters. The Bertz CT molecular complexity index is 2250. The number of amides is 3. The van der Waals surface area contributed by atoms with Crippen LogP contribution in [0.2, 0.25) is 0 Å². The number of ether oxygens (including phenoxy) is 1. The number of benzene rings is 6. The summed E-state index contributed by atoms with van der Waals surface area (Å²) < 4.78 is 4.86. The third kappa shape index (κ3) is 10.3. The van der Waals surface area contributed by atoms with Crippen LogP contribution in [0.3, 0.4) is 0 Å². The Morgan fingerprint density at radius 3 is 1.69 bits per heavy atom. The van der Waals surface area contributed by atoms with E-state index in [9.17, 15) is 19.2 Å². The minimum Gasteiger partial charge on any atom is -0.444 e. The molecule has 294 valence electrons. The smallest absolute Gasteiger partial charge is 0.408 e. The Kier molecular flexibility index (Phi) is 13.3. The summed E-state index contributed by atoms with van der Waals surface area (Å²) in [5.74, 6) is -1.01. The lowest BCUT2D eigenvalue weighted by atomic mass is 9.84. The maximum absolute atomic E-state index is 14.4. The molecule has 58 heavy (non-hydrogen) atoms. The lowest BCUT2D eigenvalue weighted by Crippen LogP contribution is -2.48. The van der Waals surface area contributed by atoms with Gasteiger partial charge < -0.3 is 20.7 Å². The van der Waals surface area contributed by atoms with Crippen LogP contribution in [-0.2, 0) is 25.5 Å².